The monoisotopic (exact) mass is 356 g/mol. The third-order valence-electron chi connectivity index (χ3n) is 3.40. The average Bonchev–Trinajstić information content (AvgIpc) is 3.13. The number of furan rings is 1. The largest absolute Gasteiger partial charge is 0.463 e. The molecule has 134 valence electrons. The van der Waals surface area contributed by atoms with Crippen LogP contribution >= 0.6 is 0 Å². The molecule has 1 aromatic heterocycles. The molecule has 0 saturated heterocycles. The highest BCUT2D eigenvalue weighted by atomic mass is 19.2. The van der Waals surface area contributed by atoms with Gasteiger partial charge < -0.3 is 20.4 Å². The van der Waals surface area contributed by atoms with E-state index in [-0.39, 0.29) is 12.6 Å². The molecule has 25 heavy (non-hydrogen) atoms. The number of anilines is 1. The van der Waals surface area contributed by atoms with Gasteiger partial charge in [0.25, 0.3) is 5.91 Å². The quantitative estimate of drug-likeness (QED) is 0.649. The number of amides is 2. The fourth-order valence-electron chi connectivity index (χ4n) is 2.02. The third kappa shape index (κ3) is 5.08. The van der Waals surface area contributed by atoms with Crippen molar-refractivity contribution in [2.75, 3.05) is 18.4 Å². The highest BCUT2D eigenvalue weighted by molar-refractivity contribution is 5.94. The van der Waals surface area contributed by atoms with E-state index in [1.54, 1.807) is 17.4 Å². The van der Waals surface area contributed by atoms with Crippen LogP contribution in [0, 0.1) is 17.5 Å². The van der Waals surface area contributed by atoms with E-state index in [1.165, 1.54) is 6.26 Å². The third-order valence-corrected chi connectivity index (χ3v) is 3.40. The Kier molecular flexibility index (Phi) is 6.18. The van der Waals surface area contributed by atoms with Gasteiger partial charge in [0, 0.05) is 0 Å². The molecule has 9 heteroatoms. The topological polar surface area (TPSA) is 88.0 Å². The summed E-state index contributed by atoms with van der Waals surface area (Å²) in [4.78, 5) is 23.4. The van der Waals surface area contributed by atoms with Gasteiger partial charge in [0.15, 0.2) is 29.8 Å². The Morgan fingerprint density at radius 1 is 1.16 bits per heavy atom. The first kappa shape index (κ1) is 18.5. The Morgan fingerprint density at radius 2 is 1.92 bits per heavy atom. The summed E-state index contributed by atoms with van der Waals surface area (Å²) in [5.74, 6) is -5.01. The molecule has 0 aliphatic heterocycles. The van der Waals surface area contributed by atoms with Crippen molar-refractivity contribution in [3.63, 3.8) is 0 Å². The van der Waals surface area contributed by atoms with Gasteiger partial charge in [-0.05, 0) is 31.2 Å². The molecule has 0 unspecified atom stereocenters. The van der Waals surface area contributed by atoms with Crippen molar-refractivity contribution in [3.8, 4) is 0 Å². The minimum Gasteiger partial charge on any atom is -0.463 e. The lowest BCUT2D eigenvalue weighted by Crippen LogP contribution is -2.87. The Labute approximate surface area is 141 Å². The fraction of sp³-hybridized carbons (Fsp3) is 0.250. The van der Waals surface area contributed by atoms with Crippen LogP contribution in [0.3, 0.4) is 0 Å². The number of hydrogen-bond acceptors (Lipinski definition) is 3. The maximum Gasteiger partial charge on any atom is 0.275 e. The summed E-state index contributed by atoms with van der Waals surface area (Å²) in [6, 6.07) is 5.03. The average molecular weight is 356 g/mol. The number of nitrogens with two attached hydrogens (primary N) is 1. The predicted octanol–water partition coefficient (Wildman–Crippen LogP) is 1.08. The van der Waals surface area contributed by atoms with Crippen molar-refractivity contribution in [1.29, 1.82) is 0 Å². The lowest BCUT2D eigenvalue weighted by atomic mass is 10.2. The molecule has 1 heterocycles. The Balaban J connectivity index is 1.76. The van der Waals surface area contributed by atoms with E-state index in [1.807, 2.05) is 6.92 Å². The normalized spacial score (nSPS) is 11.8. The maximum atomic E-state index is 13.4. The molecule has 0 saturated carbocycles. The molecule has 4 N–H and O–H groups in total. The molecule has 2 rings (SSSR count). The van der Waals surface area contributed by atoms with Crippen LogP contribution in [0.15, 0.2) is 34.9 Å². The van der Waals surface area contributed by atoms with Crippen LogP contribution in [0.5, 0.6) is 0 Å². The molecule has 0 bridgehead atoms. The van der Waals surface area contributed by atoms with Crippen LogP contribution in [-0.4, -0.2) is 24.9 Å². The summed E-state index contributed by atoms with van der Waals surface area (Å²) < 4.78 is 44.5. The van der Waals surface area contributed by atoms with E-state index in [0.29, 0.717) is 11.8 Å². The van der Waals surface area contributed by atoms with E-state index in [4.69, 9.17) is 4.42 Å². The first-order chi connectivity index (χ1) is 11.9. The van der Waals surface area contributed by atoms with Crippen LogP contribution in [0.25, 0.3) is 0 Å². The number of nitrogens with one attached hydrogen (secondary N) is 2. The zero-order valence-corrected chi connectivity index (χ0v) is 13.3. The molecule has 1 atom stereocenters. The molecule has 6 nitrogen and oxygen atoms in total. The molecule has 0 spiro atoms. The smallest absolute Gasteiger partial charge is 0.275 e. The molecular weight excluding hydrogens is 339 g/mol. The number of benzene rings is 1. The lowest BCUT2D eigenvalue weighted by Gasteiger charge is -2.10. The van der Waals surface area contributed by atoms with Crippen LogP contribution in [0.4, 0.5) is 18.9 Å². The zero-order chi connectivity index (χ0) is 18.4. The van der Waals surface area contributed by atoms with E-state index in [2.05, 4.69) is 10.6 Å². The van der Waals surface area contributed by atoms with Crippen LogP contribution in [0.1, 0.15) is 18.7 Å². The number of halogens is 3. The number of carbonyl (C=O) groups is 2. The van der Waals surface area contributed by atoms with Crippen LogP contribution in [-0.2, 0) is 9.59 Å². The van der Waals surface area contributed by atoms with Crippen molar-refractivity contribution >= 4 is 17.5 Å². The van der Waals surface area contributed by atoms with Gasteiger partial charge in [0.05, 0.1) is 18.5 Å². The lowest BCUT2D eigenvalue weighted by molar-refractivity contribution is -0.684. The molecule has 1 aromatic carbocycles. The van der Waals surface area contributed by atoms with Gasteiger partial charge in [0.2, 0.25) is 5.91 Å². The summed E-state index contributed by atoms with van der Waals surface area (Å²) >= 11 is 0. The van der Waals surface area contributed by atoms with Crippen molar-refractivity contribution in [2.24, 2.45) is 0 Å². The van der Waals surface area contributed by atoms with Crippen molar-refractivity contribution in [2.45, 2.75) is 13.0 Å². The first-order valence-corrected chi connectivity index (χ1v) is 7.45. The van der Waals surface area contributed by atoms with Gasteiger partial charge in [-0.25, -0.2) is 13.2 Å². The fourth-order valence-corrected chi connectivity index (χ4v) is 2.02. The number of hydrogen-bond donors (Lipinski definition) is 3. The Bertz CT molecular complexity index is 751. The van der Waals surface area contributed by atoms with Gasteiger partial charge >= 0.3 is 0 Å². The summed E-state index contributed by atoms with van der Waals surface area (Å²) in [7, 11) is 0. The molecule has 0 aliphatic carbocycles. The highest BCUT2D eigenvalue weighted by Crippen LogP contribution is 2.19. The molecule has 2 amide bonds. The van der Waals surface area contributed by atoms with Gasteiger partial charge in [-0.3, -0.25) is 9.59 Å². The van der Waals surface area contributed by atoms with E-state index in [0.717, 1.165) is 6.07 Å². The Morgan fingerprint density at radius 3 is 2.60 bits per heavy atom. The predicted molar refractivity (Wildman–Crippen MR) is 81.9 cm³/mol. The molecule has 2 aromatic rings. The van der Waals surface area contributed by atoms with Crippen molar-refractivity contribution < 1.29 is 32.5 Å². The van der Waals surface area contributed by atoms with Crippen molar-refractivity contribution in [1.82, 2.24) is 5.32 Å². The Hall–Kier alpha value is -2.81. The van der Waals surface area contributed by atoms with E-state index >= 15 is 0 Å². The van der Waals surface area contributed by atoms with Gasteiger partial charge in [-0.2, -0.15) is 0 Å². The summed E-state index contributed by atoms with van der Waals surface area (Å²) in [6.45, 7) is 1.47. The second kappa shape index (κ2) is 8.34. The maximum absolute atomic E-state index is 13.4. The number of rotatable bonds is 7. The van der Waals surface area contributed by atoms with Crippen LogP contribution in [0.2, 0.25) is 0 Å². The van der Waals surface area contributed by atoms with Gasteiger partial charge in [-0.1, -0.05) is 0 Å². The standard InChI is InChI=1S/C16H16F3N3O3/c1-9(12-3-2-6-25-12)20-7-13(23)21-8-14(24)22-11-5-4-10(17)15(18)16(11)19/h2-6,9,20H,7-8H2,1H3,(H,21,23)(H,22,24)/p+1/t9-/m0/s1. The molecular formula is C16H17F3N3O3+. The summed E-state index contributed by atoms with van der Waals surface area (Å²) in [5.41, 5.74) is -0.504. The number of carbonyl (C=O) groups excluding carboxylic acids is 2. The van der Waals surface area contributed by atoms with Gasteiger partial charge in [-0.15, -0.1) is 0 Å². The number of quaternary nitrogens is 1. The summed E-state index contributed by atoms with van der Waals surface area (Å²) in [6.07, 6.45) is 1.53. The summed E-state index contributed by atoms with van der Waals surface area (Å²) in [5, 5.41) is 6.12. The van der Waals surface area contributed by atoms with Crippen molar-refractivity contribution in [3.05, 3.63) is 53.7 Å². The molecule has 0 aliphatic rings. The molecule has 0 radical (unpaired) electrons. The second-order valence-electron chi connectivity index (χ2n) is 5.29. The zero-order valence-electron chi connectivity index (χ0n) is 13.3. The SMILES string of the molecule is C[C@H]([NH2+]CC(=O)NCC(=O)Nc1ccc(F)c(F)c1F)c1ccco1. The minimum absolute atomic E-state index is 0.0503. The highest BCUT2D eigenvalue weighted by Gasteiger charge is 2.17. The van der Waals surface area contributed by atoms with Gasteiger partial charge in [0.1, 0.15) is 6.04 Å². The van der Waals surface area contributed by atoms with Crippen LogP contribution < -0.4 is 16.0 Å². The van der Waals surface area contributed by atoms with E-state index < -0.39 is 41.5 Å². The van der Waals surface area contributed by atoms with E-state index in [9.17, 15) is 22.8 Å². The minimum atomic E-state index is -1.68. The first-order valence-electron chi connectivity index (χ1n) is 7.45. The molecule has 0 fully saturated rings. The second-order valence-corrected chi connectivity index (χ2v) is 5.29.